The van der Waals surface area contributed by atoms with Gasteiger partial charge in [0.05, 0.1) is 0 Å². The average molecular weight is 314 g/mol. The van der Waals surface area contributed by atoms with E-state index in [9.17, 15) is 0 Å². The first kappa shape index (κ1) is 11.4. The van der Waals surface area contributed by atoms with Gasteiger partial charge >= 0.3 is 0 Å². The predicted molar refractivity (Wildman–Crippen MR) is 74.6 cm³/mol. The summed E-state index contributed by atoms with van der Waals surface area (Å²) >= 11 is 2.15. The van der Waals surface area contributed by atoms with Gasteiger partial charge in [0.25, 0.3) is 0 Å². The summed E-state index contributed by atoms with van der Waals surface area (Å²) in [7, 11) is 0. The monoisotopic (exact) mass is 314 g/mol. The molecule has 15 heavy (non-hydrogen) atoms. The molecule has 1 aromatic carbocycles. The van der Waals surface area contributed by atoms with Crippen LogP contribution < -0.4 is 0 Å². The Hall–Kier alpha value is -0.0500. The number of alkyl halides is 1. The quantitative estimate of drug-likeness (QED) is 0.517. The third-order valence-electron chi connectivity index (χ3n) is 3.99. The summed E-state index contributed by atoms with van der Waals surface area (Å²) < 4.78 is 0. The summed E-state index contributed by atoms with van der Waals surface area (Å²) in [6, 6.07) is 11.1. The van der Waals surface area contributed by atoms with E-state index in [4.69, 9.17) is 0 Å². The van der Waals surface area contributed by atoms with Gasteiger partial charge in [-0.1, -0.05) is 65.8 Å². The molecule has 82 valence electrons. The minimum absolute atomic E-state index is 0.765. The summed E-state index contributed by atoms with van der Waals surface area (Å²) in [5.74, 6) is 0.913. The fraction of sp³-hybridized carbons (Fsp3) is 0.571. The van der Waals surface area contributed by atoms with Crippen LogP contribution in [-0.4, -0.2) is 4.93 Å². The molecule has 0 radical (unpaired) electrons. The molecule has 0 aromatic heterocycles. The summed E-state index contributed by atoms with van der Waals surface area (Å²) in [6.45, 7) is 0. The van der Waals surface area contributed by atoms with E-state index < -0.39 is 0 Å². The molecule has 2 aliphatic rings. The zero-order chi connectivity index (χ0) is 10.7. The summed E-state index contributed by atoms with van der Waals surface area (Å²) in [6.07, 6.45) is 7.41. The van der Waals surface area contributed by atoms with Gasteiger partial charge in [-0.2, -0.15) is 0 Å². The molecule has 2 aliphatic carbocycles. The second kappa shape index (κ2) is 4.86. The lowest BCUT2D eigenvalue weighted by molar-refractivity contribution is 0.512. The number of hydrogen-bond donors (Lipinski definition) is 0. The standard InChI is InChI=1S/C13H16.CH3I/c1-2-6-11(7-3-1)12-10-13(12)8-4-5-9-13;1-2/h1-3,6-7,12H,4-5,8-10H2;1H3/t12-;/m0./s1. The van der Waals surface area contributed by atoms with Gasteiger partial charge in [0, 0.05) is 0 Å². The molecule has 0 heterocycles. The molecular weight excluding hydrogens is 295 g/mol. The van der Waals surface area contributed by atoms with E-state index in [0.717, 1.165) is 11.3 Å². The van der Waals surface area contributed by atoms with Crippen molar-refractivity contribution in [3.05, 3.63) is 35.9 Å². The van der Waals surface area contributed by atoms with Crippen molar-refractivity contribution in [2.75, 3.05) is 4.93 Å². The molecule has 0 bridgehead atoms. The molecule has 2 fully saturated rings. The Morgan fingerprint density at radius 3 is 2.27 bits per heavy atom. The highest BCUT2D eigenvalue weighted by atomic mass is 127. The van der Waals surface area contributed by atoms with Crippen molar-refractivity contribution in [1.82, 2.24) is 0 Å². The maximum atomic E-state index is 2.30. The predicted octanol–water partition coefficient (Wildman–Crippen LogP) is 4.79. The lowest BCUT2D eigenvalue weighted by Gasteiger charge is -2.07. The van der Waals surface area contributed by atoms with E-state index in [1.807, 2.05) is 4.93 Å². The van der Waals surface area contributed by atoms with Crippen molar-refractivity contribution in [3.63, 3.8) is 0 Å². The van der Waals surface area contributed by atoms with E-state index in [1.54, 1.807) is 5.56 Å². The molecule has 0 amide bonds. The summed E-state index contributed by atoms with van der Waals surface area (Å²) in [4.78, 5) is 1.97. The lowest BCUT2D eigenvalue weighted by atomic mass is 9.98. The normalized spacial score (nSPS) is 25.9. The fourth-order valence-corrected chi connectivity index (χ4v) is 3.14. The molecule has 1 heteroatoms. The van der Waals surface area contributed by atoms with Gasteiger partial charge < -0.3 is 0 Å². The number of rotatable bonds is 1. The van der Waals surface area contributed by atoms with E-state index in [1.165, 1.54) is 32.1 Å². The van der Waals surface area contributed by atoms with Gasteiger partial charge in [-0.05, 0) is 41.1 Å². The minimum atomic E-state index is 0.765. The second-order valence-electron chi connectivity index (χ2n) is 4.74. The lowest BCUT2D eigenvalue weighted by Crippen LogP contribution is -1.95. The van der Waals surface area contributed by atoms with Crippen LogP contribution in [0.3, 0.4) is 0 Å². The Morgan fingerprint density at radius 1 is 1.07 bits per heavy atom. The van der Waals surface area contributed by atoms with Crippen LogP contribution in [0.4, 0.5) is 0 Å². The minimum Gasteiger partial charge on any atom is -0.0901 e. The van der Waals surface area contributed by atoms with E-state index in [-0.39, 0.29) is 0 Å². The van der Waals surface area contributed by atoms with E-state index in [2.05, 4.69) is 52.9 Å². The molecular formula is C14H19I. The first-order chi connectivity index (χ1) is 7.41. The van der Waals surface area contributed by atoms with Crippen LogP contribution in [0.25, 0.3) is 0 Å². The van der Waals surface area contributed by atoms with Crippen molar-refractivity contribution in [2.24, 2.45) is 5.41 Å². The second-order valence-corrected chi connectivity index (χ2v) is 4.74. The number of halogens is 1. The Kier molecular flexibility index (Phi) is 3.70. The van der Waals surface area contributed by atoms with Crippen molar-refractivity contribution in [2.45, 2.75) is 38.0 Å². The Morgan fingerprint density at radius 2 is 1.67 bits per heavy atom. The van der Waals surface area contributed by atoms with Crippen LogP contribution in [-0.2, 0) is 0 Å². The molecule has 3 rings (SSSR count). The molecule has 0 N–H and O–H groups in total. The van der Waals surface area contributed by atoms with Crippen LogP contribution in [0.2, 0.25) is 0 Å². The fourth-order valence-electron chi connectivity index (χ4n) is 3.14. The molecule has 2 saturated carbocycles. The third-order valence-corrected chi connectivity index (χ3v) is 3.99. The average Bonchev–Trinajstić information content (AvgIpc) is 2.81. The largest absolute Gasteiger partial charge is 0.0901 e. The molecule has 1 spiro atoms. The molecule has 0 saturated heterocycles. The van der Waals surface area contributed by atoms with Crippen LogP contribution in [0.15, 0.2) is 30.3 Å². The van der Waals surface area contributed by atoms with Crippen molar-refractivity contribution >= 4 is 22.6 Å². The zero-order valence-electron chi connectivity index (χ0n) is 9.38. The van der Waals surface area contributed by atoms with Crippen molar-refractivity contribution in [3.8, 4) is 0 Å². The first-order valence-electron chi connectivity index (χ1n) is 5.83. The highest BCUT2D eigenvalue weighted by Gasteiger charge is 2.55. The van der Waals surface area contributed by atoms with E-state index >= 15 is 0 Å². The molecule has 0 unspecified atom stereocenters. The van der Waals surface area contributed by atoms with Crippen LogP contribution >= 0.6 is 22.6 Å². The van der Waals surface area contributed by atoms with E-state index in [0.29, 0.717) is 0 Å². The summed E-state index contributed by atoms with van der Waals surface area (Å²) in [5, 5.41) is 0. The first-order valence-corrected chi connectivity index (χ1v) is 7.99. The molecule has 1 atom stereocenters. The van der Waals surface area contributed by atoms with Gasteiger partial charge in [0.2, 0.25) is 0 Å². The SMILES string of the molecule is CI.c1ccc([C@@H]2CC23CCCC3)cc1. The van der Waals surface area contributed by atoms with Gasteiger partial charge in [-0.3, -0.25) is 0 Å². The van der Waals surface area contributed by atoms with Crippen LogP contribution in [0.1, 0.15) is 43.6 Å². The Balaban J connectivity index is 0.000000404. The Labute approximate surface area is 107 Å². The summed E-state index contributed by atoms with van der Waals surface area (Å²) in [5.41, 5.74) is 2.35. The maximum absolute atomic E-state index is 2.30. The molecule has 0 aliphatic heterocycles. The van der Waals surface area contributed by atoms with Gasteiger partial charge in [0.1, 0.15) is 0 Å². The Bertz CT molecular complexity index is 298. The highest BCUT2D eigenvalue weighted by Crippen LogP contribution is 2.67. The number of hydrogen-bond acceptors (Lipinski definition) is 0. The van der Waals surface area contributed by atoms with Crippen LogP contribution in [0, 0.1) is 5.41 Å². The van der Waals surface area contributed by atoms with Crippen LogP contribution in [0.5, 0.6) is 0 Å². The zero-order valence-corrected chi connectivity index (χ0v) is 11.5. The maximum Gasteiger partial charge on any atom is -0.00996 e. The smallest absolute Gasteiger partial charge is 0.00996 e. The third kappa shape index (κ3) is 2.22. The van der Waals surface area contributed by atoms with Crippen molar-refractivity contribution < 1.29 is 0 Å². The van der Waals surface area contributed by atoms with Gasteiger partial charge in [-0.25, -0.2) is 0 Å². The number of benzene rings is 1. The highest BCUT2D eigenvalue weighted by molar-refractivity contribution is 14.1. The molecule has 0 nitrogen and oxygen atoms in total. The van der Waals surface area contributed by atoms with Gasteiger partial charge in [0.15, 0.2) is 0 Å². The molecule has 1 aromatic rings. The van der Waals surface area contributed by atoms with Gasteiger partial charge in [-0.15, -0.1) is 0 Å². The topological polar surface area (TPSA) is 0 Å². The van der Waals surface area contributed by atoms with Crippen molar-refractivity contribution in [1.29, 1.82) is 0 Å².